The molecule has 0 aliphatic carbocycles. The zero-order valence-electron chi connectivity index (χ0n) is 14.7. The first-order valence-electron chi connectivity index (χ1n) is 8.99. The maximum absolute atomic E-state index is 6.12. The topological polar surface area (TPSA) is 29.5 Å². The van der Waals surface area contributed by atoms with Crippen molar-refractivity contribution in [2.75, 3.05) is 11.4 Å². The Balaban J connectivity index is 1.80. The molecule has 2 heterocycles. The second-order valence-corrected chi connectivity index (χ2v) is 6.26. The van der Waals surface area contributed by atoms with Crippen molar-refractivity contribution in [3.8, 4) is 5.75 Å². The maximum Gasteiger partial charge on any atom is 0.379 e. The molecule has 3 aromatic rings. The lowest BCUT2D eigenvalue weighted by molar-refractivity contribution is -0.678. The molecule has 1 aliphatic rings. The van der Waals surface area contributed by atoms with Gasteiger partial charge in [-0.25, -0.2) is 0 Å². The summed E-state index contributed by atoms with van der Waals surface area (Å²) in [5, 5.41) is 0. The molecule has 1 aliphatic heterocycles. The number of anilines is 1. The molecule has 0 saturated carbocycles. The van der Waals surface area contributed by atoms with Crippen LogP contribution in [-0.4, -0.2) is 6.54 Å². The van der Waals surface area contributed by atoms with Crippen LogP contribution in [0.15, 0.2) is 58.8 Å². The number of benzene rings is 2. The summed E-state index contributed by atoms with van der Waals surface area (Å²) >= 11 is 0. The first kappa shape index (κ1) is 15.8. The molecule has 0 N–H and O–H groups in total. The van der Waals surface area contributed by atoms with Crippen molar-refractivity contribution in [1.82, 2.24) is 0 Å². The van der Waals surface area contributed by atoms with Crippen LogP contribution in [0.1, 0.15) is 32.6 Å². The molecule has 128 valence electrons. The van der Waals surface area contributed by atoms with Crippen molar-refractivity contribution in [3.05, 3.63) is 60.3 Å². The molecular weight excluding hydrogens is 312 g/mol. The van der Waals surface area contributed by atoms with E-state index in [1.54, 1.807) is 0 Å². The summed E-state index contributed by atoms with van der Waals surface area (Å²) in [6.07, 6.45) is 4.11. The molecule has 0 unspecified atom stereocenters. The van der Waals surface area contributed by atoms with Gasteiger partial charge in [-0.1, -0.05) is 38.1 Å². The summed E-state index contributed by atoms with van der Waals surface area (Å²) in [5.74, 6) is 2.55. The Bertz CT molecular complexity index is 927. The van der Waals surface area contributed by atoms with E-state index >= 15 is 0 Å². The van der Waals surface area contributed by atoms with Gasteiger partial charge < -0.3 is 14.1 Å². The van der Waals surface area contributed by atoms with Crippen molar-refractivity contribution < 1.29 is 13.7 Å². The summed E-state index contributed by atoms with van der Waals surface area (Å²) < 4.78 is 14.5. The number of nitrogens with zero attached hydrogens (tertiary/aromatic N) is 2. The smallest absolute Gasteiger partial charge is 0.379 e. The number of para-hydroxylation sites is 4. The number of oxazole rings is 1. The predicted octanol–water partition coefficient (Wildman–Crippen LogP) is 4.74. The van der Waals surface area contributed by atoms with Crippen LogP contribution < -0.4 is 14.2 Å². The third-order valence-electron chi connectivity index (χ3n) is 4.41. The average molecular weight is 335 g/mol. The number of ether oxygens (including phenoxy) is 1. The van der Waals surface area contributed by atoms with E-state index in [1.807, 2.05) is 42.5 Å². The van der Waals surface area contributed by atoms with Gasteiger partial charge in [0.2, 0.25) is 11.5 Å². The van der Waals surface area contributed by atoms with Crippen LogP contribution in [0.3, 0.4) is 0 Å². The van der Waals surface area contributed by atoms with Crippen LogP contribution in [0.25, 0.3) is 17.2 Å². The minimum atomic E-state index is 0.826. The molecule has 2 aromatic carbocycles. The maximum atomic E-state index is 6.12. The Hall–Kier alpha value is -2.75. The van der Waals surface area contributed by atoms with E-state index < -0.39 is 0 Å². The minimum Gasteiger partial charge on any atom is -0.438 e. The molecule has 4 nitrogen and oxygen atoms in total. The van der Waals surface area contributed by atoms with Crippen LogP contribution in [0.2, 0.25) is 0 Å². The number of aromatic nitrogens is 1. The van der Waals surface area contributed by atoms with Crippen molar-refractivity contribution >= 4 is 22.9 Å². The minimum absolute atomic E-state index is 0.826. The quantitative estimate of drug-likeness (QED) is 0.631. The largest absolute Gasteiger partial charge is 0.438 e. The third-order valence-corrected chi connectivity index (χ3v) is 4.41. The van der Waals surface area contributed by atoms with Crippen LogP contribution in [0.5, 0.6) is 5.75 Å². The molecule has 0 fully saturated rings. The Morgan fingerprint density at radius 2 is 1.80 bits per heavy atom. The molecule has 4 rings (SSSR count). The molecule has 0 spiro atoms. The third kappa shape index (κ3) is 2.78. The number of fused-ring (bicyclic) bond motifs is 2. The molecule has 0 amide bonds. The highest BCUT2D eigenvalue weighted by molar-refractivity contribution is 5.72. The fourth-order valence-electron chi connectivity index (χ4n) is 3.33. The second kappa shape index (κ2) is 6.63. The highest BCUT2D eigenvalue weighted by atomic mass is 16.5. The van der Waals surface area contributed by atoms with Crippen LogP contribution >= 0.6 is 0 Å². The summed E-state index contributed by atoms with van der Waals surface area (Å²) in [5.41, 5.74) is 3.14. The molecule has 25 heavy (non-hydrogen) atoms. The van der Waals surface area contributed by atoms with E-state index in [1.165, 1.54) is 0 Å². The van der Waals surface area contributed by atoms with Gasteiger partial charge in [0.1, 0.15) is 6.08 Å². The Labute approximate surface area is 147 Å². The zero-order chi connectivity index (χ0) is 17.2. The van der Waals surface area contributed by atoms with Gasteiger partial charge in [0, 0.05) is 19.0 Å². The summed E-state index contributed by atoms with van der Waals surface area (Å²) in [7, 11) is 0. The summed E-state index contributed by atoms with van der Waals surface area (Å²) in [6.45, 7) is 6.18. The first-order chi connectivity index (χ1) is 12.3. The summed E-state index contributed by atoms with van der Waals surface area (Å²) in [4.78, 5) is 2.22. The van der Waals surface area contributed by atoms with Crippen LogP contribution in [-0.2, 0) is 6.54 Å². The lowest BCUT2D eigenvalue weighted by Gasteiger charge is -2.16. The highest BCUT2D eigenvalue weighted by Gasteiger charge is 2.28. The Morgan fingerprint density at radius 1 is 1.00 bits per heavy atom. The number of hydrogen-bond acceptors (Lipinski definition) is 3. The summed E-state index contributed by atoms with van der Waals surface area (Å²) in [6, 6.07) is 16.3. The van der Waals surface area contributed by atoms with E-state index in [4.69, 9.17) is 9.15 Å². The van der Waals surface area contributed by atoms with Gasteiger partial charge in [0.05, 0.1) is 5.69 Å². The second-order valence-electron chi connectivity index (χ2n) is 6.26. The molecule has 4 heteroatoms. The van der Waals surface area contributed by atoms with Gasteiger partial charge in [-0.15, -0.1) is 0 Å². The van der Waals surface area contributed by atoms with Crippen molar-refractivity contribution in [3.63, 3.8) is 0 Å². The van der Waals surface area contributed by atoms with E-state index in [9.17, 15) is 0 Å². The van der Waals surface area contributed by atoms with E-state index in [0.29, 0.717) is 0 Å². The predicted molar refractivity (Wildman–Crippen MR) is 99.4 cm³/mol. The number of hydrogen-bond donors (Lipinski definition) is 0. The molecule has 0 atom stereocenters. The van der Waals surface area contributed by atoms with Gasteiger partial charge in [-0.2, -0.15) is 4.57 Å². The van der Waals surface area contributed by atoms with Crippen LogP contribution in [0, 0.1) is 0 Å². The van der Waals surface area contributed by atoms with E-state index in [0.717, 1.165) is 60.2 Å². The molecule has 0 bridgehead atoms. The lowest BCUT2D eigenvalue weighted by atomic mass is 10.2. The lowest BCUT2D eigenvalue weighted by Crippen LogP contribution is -2.35. The van der Waals surface area contributed by atoms with Gasteiger partial charge >= 0.3 is 5.89 Å². The zero-order valence-corrected chi connectivity index (χ0v) is 14.7. The van der Waals surface area contributed by atoms with Gasteiger partial charge in [0.25, 0.3) is 5.52 Å². The average Bonchev–Trinajstić information content (AvgIpc) is 3.15. The fourth-order valence-corrected chi connectivity index (χ4v) is 3.33. The van der Waals surface area contributed by atoms with Crippen molar-refractivity contribution in [1.29, 1.82) is 0 Å². The van der Waals surface area contributed by atoms with Crippen molar-refractivity contribution in [2.24, 2.45) is 0 Å². The Kier molecular flexibility index (Phi) is 4.18. The molecule has 1 aromatic heterocycles. The fraction of sp³-hybridized carbons (Fsp3) is 0.286. The number of aryl methyl sites for hydroxylation is 1. The van der Waals surface area contributed by atoms with Gasteiger partial charge in [-0.3, -0.25) is 0 Å². The van der Waals surface area contributed by atoms with E-state index in [-0.39, 0.29) is 0 Å². The van der Waals surface area contributed by atoms with Gasteiger partial charge in [0.15, 0.2) is 12.3 Å². The normalized spacial score (nSPS) is 15.0. The monoisotopic (exact) mass is 335 g/mol. The van der Waals surface area contributed by atoms with Crippen molar-refractivity contribution in [2.45, 2.75) is 33.2 Å². The van der Waals surface area contributed by atoms with Gasteiger partial charge in [-0.05, 0) is 24.6 Å². The highest BCUT2D eigenvalue weighted by Crippen LogP contribution is 2.39. The first-order valence-corrected chi connectivity index (χ1v) is 8.99. The Morgan fingerprint density at radius 3 is 2.64 bits per heavy atom. The molecule has 0 radical (unpaired) electrons. The van der Waals surface area contributed by atoms with Crippen LogP contribution in [0.4, 0.5) is 5.69 Å². The standard InChI is InChI=1S/C21H23N2O2/c1-3-13-22-16-9-5-7-11-18(16)24-20(22)15-21-23(14-4-2)17-10-6-8-12-19(17)25-21/h5-12,15H,3-4,13-14H2,1-2H3/q+1. The SMILES string of the molecule is CCCN1C(=Cc2oc3ccccc3[n+]2CCC)Oc2ccccc21. The van der Waals surface area contributed by atoms with E-state index in [2.05, 4.69) is 35.4 Å². The molecular formula is C21H23N2O2+. The number of rotatable bonds is 5. The molecule has 0 saturated heterocycles.